The fraction of sp³-hybridized carbons (Fsp3) is 0.500. The number of aliphatic carboxylic acids is 2. The Labute approximate surface area is 230 Å². The number of carbonyl (C=O) groups excluding carboxylic acids is 3. The van der Waals surface area contributed by atoms with E-state index >= 15 is 0 Å². The van der Waals surface area contributed by atoms with Crippen molar-refractivity contribution in [1.82, 2.24) is 16.0 Å². The van der Waals surface area contributed by atoms with Crippen LogP contribution in [0.3, 0.4) is 0 Å². The second-order valence-corrected chi connectivity index (χ2v) is 9.63. The van der Waals surface area contributed by atoms with Gasteiger partial charge in [-0.05, 0) is 36.8 Å². The highest BCUT2D eigenvalue weighted by Crippen LogP contribution is 2.08. The van der Waals surface area contributed by atoms with E-state index in [0.29, 0.717) is 12.2 Å². The third-order valence-corrected chi connectivity index (χ3v) is 6.10. The number of amides is 3. The molecule has 15 heteroatoms. The molecule has 39 heavy (non-hydrogen) atoms. The summed E-state index contributed by atoms with van der Waals surface area (Å²) in [6.07, 6.45) is 1.71. The number of carboxylic acids is 2. The van der Waals surface area contributed by atoms with Gasteiger partial charge in [-0.15, -0.1) is 0 Å². The molecule has 0 aliphatic carbocycles. The number of carbonyl (C=O) groups is 5. The summed E-state index contributed by atoms with van der Waals surface area (Å²) in [6.45, 7) is 0.119. The summed E-state index contributed by atoms with van der Waals surface area (Å²) < 4.78 is 0. The van der Waals surface area contributed by atoms with Gasteiger partial charge in [-0.3, -0.25) is 24.2 Å². The SMILES string of the molecule is CSCCC(N)C(=O)NC(Cc1ccccc1)C(=O)NC(CCCN=C(N)N)C(=O)NC(CC(=O)O)C(=O)O. The summed E-state index contributed by atoms with van der Waals surface area (Å²) in [6, 6.07) is 3.91. The van der Waals surface area contributed by atoms with Crippen LogP contribution in [0.1, 0.15) is 31.2 Å². The van der Waals surface area contributed by atoms with Crippen molar-refractivity contribution in [1.29, 1.82) is 0 Å². The average Bonchev–Trinajstić information content (AvgIpc) is 2.87. The van der Waals surface area contributed by atoms with Gasteiger partial charge in [0.05, 0.1) is 12.5 Å². The molecule has 0 spiro atoms. The number of hydrogen-bond acceptors (Lipinski definition) is 8. The zero-order valence-electron chi connectivity index (χ0n) is 21.7. The zero-order valence-corrected chi connectivity index (χ0v) is 22.5. The minimum atomic E-state index is -1.72. The summed E-state index contributed by atoms with van der Waals surface area (Å²) in [7, 11) is 0. The van der Waals surface area contributed by atoms with Crippen molar-refractivity contribution in [3.8, 4) is 0 Å². The molecule has 3 amide bonds. The van der Waals surface area contributed by atoms with Gasteiger partial charge in [0.15, 0.2) is 5.96 Å². The highest BCUT2D eigenvalue weighted by molar-refractivity contribution is 7.98. The molecule has 11 N–H and O–H groups in total. The summed E-state index contributed by atoms with van der Waals surface area (Å²) in [5.41, 5.74) is 17.3. The van der Waals surface area contributed by atoms with Gasteiger partial charge >= 0.3 is 11.9 Å². The molecule has 0 aromatic heterocycles. The molecule has 0 bridgehead atoms. The zero-order chi connectivity index (χ0) is 29.4. The third kappa shape index (κ3) is 13.5. The molecule has 216 valence electrons. The van der Waals surface area contributed by atoms with Crippen LogP contribution in [0.15, 0.2) is 35.3 Å². The second kappa shape index (κ2) is 17.6. The highest BCUT2D eigenvalue weighted by Gasteiger charge is 2.31. The van der Waals surface area contributed by atoms with Gasteiger partial charge in [-0.1, -0.05) is 30.3 Å². The van der Waals surface area contributed by atoms with Gasteiger partial charge in [0.2, 0.25) is 17.7 Å². The Balaban J connectivity index is 3.14. The molecule has 4 unspecified atom stereocenters. The van der Waals surface area contributed by atoms with E-state index in [-0.39, 0.29) is 31.8 Å². The van der Waals surface area contributed by atoms with Gasteiger partial charge in [-0.25, -0.2) is 4.79 Å². The topological polar surface area (TPSA) is 252 Å². The van der Waals surface area contributed by atoms with Crippen LogP contribution in [0.4, 0.5) is 0 Å². The molecular formula is C24H37N7O7S. The quantitative estimate of drug-likeness (QED) is 0.0568. The van der Waals surface area contributed by atoms with E-state index in [9.17, 15) is 29.1 Å². The Hall–Kier alpha value is -3.85. The van der Waals surface area contributed by atoms with Gasteiger partial charge in [0, 0.05) is 13.0 Å². The van der Waals surface area contributed by atoms with Crippen molar-refractivity contribution in [3.05, 3.63) is 35.9 Å². The number of benzene rings is 1. The predicted octanol–water partition coefficient (Wildman–Crippen LogP) is -1.62. The monoisotopic (exact) mass is 567 g/mol. The fourth-order valence-electron chi connectivity index (χ4n) is 3.41. The van der Waals surface area contributed by atoms with Crippen molar-refractivity contribution in [3.63, 3.8) is 0 Å². The second-order valence-electron chi connectivity index (χ2n) is 8.65. The van der Waals surface area contributed by atoms with Gasteiger partial charge in [0.1, 0.15) is 18.1 Å². The number of thioether (sulfide) groups is 1. The number of nitrogens with one attached hydrogen (secondary N) is 3. The van der Waals surface area contributed by atoms with Crippen molar-refractivity contribution in [2.75, 3.05) is 18.6 Å². The van der Waals surface area contributed by atoms with Crippen LogP contribution in [0, 0.1) is 0 Å². The van der Waals surface area contributed by atoms with Gasteiger partial charge in [0.25, 0.3) is 0 Å². The van der Waals surface area contributed by atoms with E-state index < -0.39 is 60.2 Å². The van der Waals surface area contributed by atoms with Crippen molar-refractivity contribution >= 4 is 47.4 Å². The summed E-state index contributed by atoms with van der Waals surface area (Å²) in [5.74, 6) is -4.68. The largest absolute Gasteiger partial charge is 0.481 e. The fourth-order valence-corrected chi connectivity index (χ4v) is 3.90. The Bertz CT molecular complexity index is 1010. The Kier molecular flexibility index (Phi) is 15.0. The van der Waals surface area contributed by atoms with Crippen LogP contribution in [0.5, 0.6) is 0 Å². The number of nitrogens with two attached hydrogens (primary N) is 3. The van der Waals surface area contributed by atoms with Crippen molar-refractivity contribution in [2.24, 2.45) is 22.2 Å². The van der Waals surface area contributed by atoms with Crippen LogP contribution in [-0.2, 0) is 30.4 Å². The van der Waals surface area contributed by atoms with Crippen LogP contribution in [0.2, 0.25) is 0 Å². The van der Waals surface area contributed by atoms with Crippen LogP contribution in [-0.4, -0.2) is 88.6 Å². The van der Waals surface area contributed by atoms with E-state index in [1.807, 2.05) is 6.26 Å². The lowest BCUT2D eigenvalue weighted by Gasteiger charge is -2.25. The number of rotatable bonds is 18. The molecule has 1 rings (SSSR count). The molecular weight excluding hydrogens is 530 g/mol. The number of hydrogen-bond donors (Lipinski definition) is 8. The number of carboxylic acid groups (broad SMARTS) is 2. The van der Waals surface area contributed by atoms with E-state index in [0.717, 1.165) is 5.56 Å². The first-order valence-corrected chi connectivity index (χ1v) is 13.5. The number of nitrogens with zero attached hydrogens (tertiary/aromatic N) is 1. The number of guanidine groups is 1. The van der Waals surface area contributed by atoms with Crippen LogP contribution in [0.25, 0.3) is 0 Å². The molecule has 0 aliphatic heterocycles. The normalized spacial score (nSPS) is 13.7. The lowest BCUT2D eigenvalue weighted by Crippen LogP contribution is -2.57. The highest BCUT2D eigenvalue weighted by atomic mass is 32.2. The summed E-state index contributed by atoms with van der Waals surface area (Å²) >= 11 is 1.52. The molecule has 0 saturated carbocycles. The Morgan fingerprint density at radius 1 is 0.897 bits per heavy atom. The van der Waals surface area contributed by atoms with Crippen LogP contribution < -0.4 is 33.2 Å². The molecule has 14 nitrogen and oxygen atoms in total. The first kappa shape index (κ1) is 33.2. The Morgan fingerprint density at radius 2 is 1.49 bits per heavy atom. The average molecular weight is 568 g/mol. The first-order chi connectivity index (χ1) is 18.4. The van der Waals surface area contributed by atoms with E-state index in [1.165, 1.54) is 11.8 Å². The maximum Gasteiger partial charge on any atom is 0.326 e. The molecule has 1 aromatic carbocycles. The number of aliphatic imine (C=N–C) groups is 1. The van der Waals surface area contributed by atoms with Gasteiger partial charge < -0.3 is 43.4 Å². The maximum atomic E-state index is 13.3. The van der Waals surface area contributed by atoms with E-state index in [2.05, 4.69) is 20.9 Å². The maximum absolute atomic E-state index is 13.3. The smallest absolute Gasteiger partial charge is 0.326 e. The minimum absolute atomic E-state index is 0.00694. The molecule has 0 saturated heterocycles. The standard InChI is InChI=1S/C24H37N7O7S/c1-39-11-9-15(25)20(34)30-17(12-14-6-3-2-4-7-14)22(36)29-16(8-5-10-28-24(26)27)21(35)31-18(23(37)38)13-19(32)33/h2-4,6-7,15-18H,5,8-13,25H2,1H3,(H,29,36)(H,30,34)(H,31,35)(H,32,33)(H,37,38)(H4,26,27,28). The van der Waals surface area contributed by atoms with Crippen molar-refractivity contribution in [2.45, 2.75) is 56.3 Å². The Morgan fingerprint density at radius 3 is 2.05 bits per heavy atom. The lowest BCUT2D eigenvalue weighted by molar-refractivity contribution is -0.147. The molecule has 0 fully saturated rings. The molecule has 0 aliphatic rings. The lowest BCUT2D eigenvalue weighted by atomic mass is 10.0. The summed E-state index contributed by atoms with van der Waals surface area (Å²) in [5, 5.41) is 25.6. The van der Waals surface area contributed by atoms with Crippen LogP contribution >= 0.6 is 11.8 Å². The predicted molar refractivity (Wildman–Crippen MR) is 147 cm³/mol. The minimum Gasteiger partial charge on any atom is -0.481 e. The third-order valence-electron chi connectivity index (χ3n) is 5.46. The summed E-state index contributed by atoms with van der Waals surface area (Å²) in [4.78, 5) is 65.3. The van der Waals surface area contributed by atoms with E-state index in [1.54, 1.807) is 30.3 Å². The molecule has 0 heterocycles. The van der Waals surface area contributed by atoms with Crippen molar-refractivity contribution < 1.29 is 34.2 Å². The molecule has 1 aromatic rings. The van der Waals surface area contributed by atoms with Gasteiger partial charge in [-0.2, -0.15) is 11.8 Å². The van der Waals surface area contributed by atoms with E-state index in [4.69, 9.17) is 22.3 Å². The first-order valence-electron chi connectivity index (χ1n) is 12.1. The molecule has 0 radical (unpaired) electrons. The molecule has 4 atom stereocenters.